The minimum Gasteiger partial charge on any atom is -0.338 e. The molecule has 0 spiro atoms. The maximum atomic E-state index is 13.7. The minimum atomic E-state index is 0.0766. The van der Waals surface area contributed by atoms with Crippen LogP contribution in [0.2, 0.25) is 0 Å². The number of likely N-dealkylation sites (tertiary alicyclic amines) is 1. The molecule has 2 aromatic carbocycles. The van der Waals surface area contributed by atoms with Crippen LogP contribution >= 0.6 is 0 Å². The molecule has 5 heteroatoms. The maximum absolute atomic E-state index is 13.7. The molecule has 1 aliphatic rings. The van der Waals surface area contributed by atoms with Gasteiger partial charge in [-0.3, -0.25) is 4.79 Å². The number of nitrogens with zero attached hydrogens (tertiary/aromatic N) is 4. The Morgan fingerprint density at radius 1 is 1.00 bits per heavy atom. The van der Waals surface area contributed by atoms with E-state index in [4.69, 9.17) is 10.1 Å². The number of benzene rings is 2. The highest BCUT2D eigenvalue weighted by molar-refractivity contribution is 6.06. The molecule has 0 N–H and O–H groups in total. The molecule has 5 rings (SSSR count). The predicted molar refractivity (Wildman–Crippen MR) is 127 cm³/mol. The van der Waals surface area contributed by atoms with Crippen LogP contribution in [0.15, 0.2) is 60.7 Å². The number of aryl methyl sites for hydroxylation is 3. The summed E-state index contributed by atoms with van der Waals surface area (Å²) in [7, 11) is 0. The third-order valence-corrected chi connectivity index (χ3v) is 6.43. The number of carbonyl (C=O) groups excluding carboxylic acids is 1. The van der Waals surface area contributed by atoms with Gasteiger partial charge in [0.25, 0.3) is 5.91 Å². The molecular weight excluding hydrogens is 396 g/mol. The third-order valence-electron chi connectivity index (χ3n) is 6.43. The molecule has 5 nitrogen and oxygen atoms in total. The van der Waals surface area contributed by atoms with Gasteiger partial charge in [-0.15, -0.1) is 0 Å². The molecular formula is C27H28N4O. The third kappa shape index (κ3) is 3.68. The average Bonchev–Trinajstić information content (AvgIpc) is 3.15. The maximum Gasteiger partial charge on any atom is 0.254 e. The second kappa shape index (κ2) is 8.23. The first kappa shape index (κ1) is 20.4. The second-order valence-corrected chi connectivity index (χ2v) is 8.84. The van der Waals surface area contributed by atoms with Crippen molar-refractivity contribution in [2.45, 2.75) is 39.5 Å². The van der Waals surface area contributed by atoms with Crippen LogP contribution in [0.5, 0.6) is 0 Å². The summed E-state index contributed by atoms with van der Waals surface area (Å²) >= 11 is 0. The Labute approximate surface area is 188 Å². The van der Waals surface area contributed by atoms with Crippen LogP contribution < -0.4 is 0 Å². The minimum absolute atomic E-state index is 0.0766. The van der Waals surface area contributed by atoms with Crippen LogP contribution in [0.3, 0.4) is 0 Å². The van der Waals surface area contributed by atoms with Crippen molar-refractivity contribution in [3.05, 3.63) is 88.7 Å². The quantitative estimate of drug-likeness (QED) is 0.444. The van der Waals surface area contributed by atoms with Gasteiger partial charge in [-0.25, -0.2) is 9.67 Å². The standard InChI is InChI=1S/C27H28N4O/c1-18-11-13-23(14-12-18)31-26-25(20(3)29-31)24(16-19(2)28-26)27(32)30-15-7-10-22(17-30)21-8-5-4-6-9-21/h4-6,8-9,11-14,16,22H,7,10,15,17H2,1-3H3. The molecule has 4 aromatic rings. The highest BCUT2D eigenvalue weighted by Gasteiger charge is 2.28. The van der Waals surface area contributed by atoms with E-state index >= 15 is 0 Å². The molecule has 1 unspecified atom stereocenters. The zero-order valence-electron chi connectivity index (χ0n) is 18.9. The van der Waals surface area contributed by atoms with Gasteiger partial charge in [0.05, 0.1) is 22.3 Å². The van der Waals surface area contributed by atoms with E-state index in [2.05, 4.69) is 43.3 Å². The van der Waals surface area contributed by atoms with E-state index in [9.17, 15) is 4.79 Å². The number of hydrogen-bond donors (Lipinski definition) is 0. The number of rotatable bonds is 3. The number of piperidine rings is 1. The van der Waals surface area contributed by atoms with E-state index in [0.29, 0.717) is 11.5 Å². The Morgan fingerprint density at radius 3 is 2.50 bits per heavy atom. The van der Waals surface area contributed by atoms with Crippen molar-refractivity contribution < 1.29 is 4.79 Å². The molecule has 32 heavy (non-hydrogen) atoms. The number of hydrogen-bond acceptors (Lipinski definition) is 3. The predicted octanol–water partition coefficient (Wildman–Crippen LogP) is 5.37. The molecule has 2 aromatic heterocycles. The van der Waals surface area contributed by atoms with Gasteiger partial charge in [-0.1, -0.05) is 48.0 Å². The van der Waals surface area contributed by atoms with Crippen LogP contribution in [0.25, 0.3) is 16.7 Å². The Balaban J connectivity index is 1.54. The summed E-state index contributed by atoms with van der Waals surface area (Å²) in [6.45, 7) is 7.51. The lowest BCUT2D eigenvalue weighted by atomic mass is 9.90. The summed E-state index contributed by atoms with van der Waals surface area (Å²) in [5.74, 6) is 0.455. The fraction of sp³-hybridized carbons (Fsp3) is 0.296. The van der Waals surface area contributed by atoms with E-state index in [1.54, 1.807) is 0 Å². The fourth-order valence-corrected chi connectivity index (χ4v) is 4.78. The Kier molecular flexibility index (Phi) is 5.25. The van der Waals surface area contributed by atoms with Crippen molar-refractivity contribution in [3.8, 4) is 5.69 Å². The van der Waals surface area contributed by atoms with Crippen molar-refractivity contribution in [2.24, 2.45) is 0 Å². The number of aromatic nitrogens is 3. The SMILES string of the molecule is Cc1ccc(-n2nc(C)c3c(C(=O)N4CCCC(c5ccccc5)C4)cc(C)nc32)cc1. The molecule has 1 atom stereocenters. The zero-order valence-corrected chi connectivity index (χ0v) is 18.9. The number of amides is 1. The number of fused-ring (bicyclic) bond motifs is 1. The van der Waals surface area contributed by atoms with Gasteiger partial charge in [0.2, 0.25) is 0 Å². The molecule has 1 saturated heterocycles. The summed E-state index contributed by atoms with van der Waals surface area (Å²) in [6, 6.07) is 20.7. The second-order valence-electron chi connectivity index (χ2n) is 8.84. The van der Waals surface area contributed by atoms with E-state index < -0.39 is 0 Å². The lowest BCUT2D eigenvalue weighted by Gasteiger charge is -2.33. The largest absolute Gasteiger partial charge is 0.338 e. The lowest BCUT2D eigenvalue weighted by Crippen LogP contribution is -2.39. The van der Waals surface area contributed by atoms with Crippen LogP contribution in [-0.4, -0.2) is 38.7 Å². The van der Waals surface area contributed by atoms with Gasteiger partial charge in [-0.05, 0) is 57.4 Å². The topological polar surface area (TPSA) is 51.0 Å². The monoisotopic (exact) mass is 424 g/mol. The first-order chi connectivity index (χ1) is 15.5. The average molecular weight is 425 g/mol. The van der Waals surface area contributed by atoms with Crippen molar-refractivity contribution >= 4 is 16.9 Å². The van der Waals surface area contributed by atoms with Gasteiger partial charge < -0.3 is 4.90 Å². The summed E-state index contributed by atoms with van der Waals surface area (Å²) < 4.78 is 1.86. The molecule has 0 bridgehead atoms. The highest BCUT2D eigenvalue weighted by atomic mass is 16.2. The molecule has 0 saturated carbocycles. The van der Waals surface area contributed by atoms with Crippen molar-refractivity contribution in [2.75, 3.05) is 13.1 Å². The molecule has 162 valence electrons. The van der Waals surface area contributed by atoms with Crippen molar-refractivity contribution in [1.82, 2.24) is 19.7 Å². The fourth-order valence-electron chi connectivity index (χ4n) is 4.78. The molecule has 0 radical (unpaired) electrons. The Hall–Kier alpha value is -3.47. The van der Waals surface area contributed by atoms with Gasteiger partial charge in [0, 0.05) is 24.7 Å². The Morgan fingerprint density at radius 2 is 1.75 bits per heavy atom. The molecule has 1 fully saturated rings. The van der Waals surface area contributed by atoms with Crippen molar-refractivity contribution in [3.63, 3.8) is 0 Å². The van der Waals surface area contributed by atoms with E-state index in [0.717, 1.165) is 54.0 Å². The lowest BCUT2D eigenvalue weighted by molar-refractivity contribution is 0.0709. The van der Waals surface area contributed by atoms with Crippen LogP contribution in [0.4, 0.5) is 0 Å². The smallest absolute Gasteiger partial charge is 0.254 e. The number of pyridine rings is 1. The molecule has 1 aliphatic heterocycles. The molecule has 0 aliphatic carbocycles. The zero-order chi connectivity index (χ0) is 22.2. The van der Waals surface area contributed by atoms with Crippen LogP contribution in [0.1, 0.15) is 51.6 Å². The summed E-state index contributed by atoms with van der Waals surface area (Å²) in [5, 5.41) is 5.61. The molecule has 3 heterocycles. The first-order valence-electron chi connectivity index (χ1n) is 11.3. The van der Waals surface area contributed by atoms with E-state index in [1.165, 1.54) is 11.1 Å². The number of carbonyl (C=O) groups is 1. The normalized spacial score (nSPS) is 16.5. The summed E-state index contributed by atoms with van der Waals surface area (Å²) in [6.07, 6.45) is 2.13. The summed E-state index contributed by atoms with van der Waals surface area (Å²) in [4.78, 5) is 20.5. The summed E-state index contributed by atoms with van der Waals surface area (Å²) in [5.41, 5.74) is 6.55. The van der Waals surface area contributed by atoms with E-state index in [-0.39, 0.29) is 5.91 Å². The van der Waals surface area contributed by atoms with E-state index in [1.807, 2.05) is 47.7 Å². The van der Waals surface area contributed by atoms with Gasteiger partial charge in [-0.2, -0.15) is 5.10 Å². The Bertz CT molecular complexity index is 1270. The van der Waals surface area contributed by atoms with Crippen LogP contribution in [-0.2, 0) is 0 Å². The van der Waals surface area contributed by atoms with Gasteiger partial charge >= 0.3 is 0 Å². The molecule has 1 amide bonds. The van der Waals surface area contributed by atoms with Crippen LogP contribution in [0, 0.1) is 20.8 Å². The van der Waals surface area contributed by atoms with Gasteiger partial charge in [0.15, 0.2) is 5.65 Å². The first-order valence-corrected chi connectivity index (χ1v) is 11.3. The van der Waals surface area contributed by atoms with Crippen molar-refractivity contribution in [1.29, 1.82) is 0 Å². The van der Waals surface area contributed by atoms with Gasteiger partial charge in [0.1, 0.15) is 0 Å². The highest BCUT2D eigenvalue weighted by Crippen LogP contribution is 2.30.